The fourth-order valence-corrected chi connectivity index (χ4v) is 1.61. The maximum Gasteiger partial charge on any atom is 0.126 e. The van der Waals surface area contributed by atoms with Crippen LogP contribution in [0.2, 0.25) is 0 Å². The highest BCUT2D eigenvalue weighted by Crippen LogP contribution is 2.22. The molecule has 2 nitrogen and oxygen atoms in total. The number of nitrogens with two attached hydrogens (primary N) is 1. The van der Waals surface area contributed by atoms with Crippen molar-refractivity contribution in [3.8, 4) is 0 Å². The van der Waals surface area contributed by atoms with Crippen LogP contribution >= 0.6 is 0 Å². The Morgan fingerprint density at radius 1 is 1.47 bits per heavy atom. The van der Waals surface area contributed by atoms with Crippen molar-refractivity contribution in [3.63, 3.8) is 0 Å². The Kier molecular flexibility index (Phi) is 4.24. The van der Waals surface area contributed by atoms with E-state index in [-0.39, 0.29) is 18.3 Å². The van der Waals surface area contributed by atoms with Crippen molar-refractivity contribution in [2.24, 2.45) is 5.73 Å². The third-order valence-corrected chi connectivity index (χ3v) is 2.65. The first-order valence-electron chi connectivity index (χ1n) is 5.18. The molecule has 0 amide bonds. The van der Waals surface area contributed by atoms with Crippen LogP contribution in [0.25, 0.3) is 0 Å². The molecule has 0 fully saturated rings. The third kappa shape index (κ3) is 3.29. The van der Waals surface area contributed by atoms with Gasteiger partial charge in [0.05, 0.1) is 6.10 Å². The van der Waals surface area contributed by atoms with E-state index in [9.17, 15) is 9.50 Å². The molecule has 1 aromatic rings. The lowest BCUT2D eigenvalue weighted by atomic mass is 9.94. The van der Waals surface area contributed by atoms with Crippen molar-refractivity contribution in [3.05, 3.63) is 35.1 Å². The van der Waals surface area contributed by atoms with Gasteiger partial charge in [-0.1, -0.05) is 19.1 Å². The number of aliphatic hydroxyl groups excluding tert-OH is 1. The first-order chi connectivity index (χ1) is 7.04. The lowest BCUT2D eigenvalue weighted by Gasteiger charge is -2.16. The van der Waals surface area contributed by atoms with Crippen LogP contribution in [-0.4, -0.2) is 17.8 Å². The van der Waals surface area contributed by atoms with Gasteiger partial charge in [0.1, 0.15) is 5.82 Å². The highest BCUT2D eigenvalue weighted by atomic mass is 19.1. The molecule has 0 heterocycles. The zero-order valence-corrected chi connectivity index (χ0v) is 9.20. The third-order valence-electron chi connectivity index (χ3n) is 2.65. The van der Waals surface area contributed by atoms with E-state index >= 15 is 0 Å². The summed E-state index contributed by atoms with van der Waals surface area (Å²) in [4.78, 5) is 0. The van der Waals surface area contributed by atoms with Gasteiger partial charge in [0, 0.05) is 6.54 Å². The van der Waals surface area contributed by atoms with Crippen molar-refractivity contribution in [1.29, 1.82) is 0 Å². The van der Waals surface area contributed by atoms with Crippen LogP contribution in [0.3, 0.4) is 0 Å². The van der Waals surface area contributed by atoms with Gasteiger partial charge in [0.25, 0.3) is 0 Å². The Balaban J connectivity index is 2.73. The summed E-state index contributed by atoms with van der Waals surface area (Å²) in [6.45, 7) is 4.01. The highest BCUT2D eigenvalue weighted by Gasteiger charge is 2.11. The second-order valence-corrected chi connectivity index (χ2v) is 4.03. The predicted octanol–water partition coefficient (Wildman–Crippen LogP) is 1.95. The van der Waals surface area contributed by atoms with E-state index in [0.29, 0.717) is 12.0 Å². The number of hydrogen-bond acceptors (Lipinski definition) is 2. The lowest BCUT2D eigenvalue weighted by molar-refractivity contribution is 0.165. The van der Waals surface area contributed by atoms with E-state index in [4.69, 9.17) is 5.73 Å². The molecule has 15 heavy (non-hydrogen) atoms. The predicted molar refractivity (Wildman–Crippen MR) is 59.2 cm³/mol. The van der Waals surface area contributed by atoms with Crippen molar-refractivity contribution in [1.82, 2.24) is 0 Å². The smallest absolute Gasteiger partial charge is 0.126 e. The van der Waals surface area contributed by atoms with Crippen molar-refractivity contribution in [2.45, 2.75) is 32.3 Å². The molecule has 0 spiro atoms. The SMILES string of the molecule is Cc1cc(C(C)CC(O)CN)ccc1F. The molecule has 0 radical (unpaired) electrons. The molecule has 1 aromatic carbocycles. The second kappa shape index (κ2) is 5.24. The normalized spacial score (nSPS) is 15.0. The standard InChI is InChI=1S/C12H18FNO/c1-8(6-11(15)7-14)10-3-4-12(13)9(2)5-10/h3-5,8,11,15H,6-7,14H2,1-2H3. The van der Waals surface area contributed by atoms with Crippen LogP contribution < -0.4 is 5.73 Å². The number of aryl methyl sites for hydroxylation is 1. The molecular weight excluding hydrogens is 193 g/mol. The van der Waals surface area contributed by atoms with Crippen LogP contribution in [0.4, 0.5) is 4.39 Å². The summed E-state index contributed by atoms with van der Waals surface area (Å²) < 4.78 is 13.0. The molecule has 3 heteroatoms. The zero-order chi connectivity index (χ0) is 11.4. The van der Waals surface area contributed by atoms with Gasteiger partial charge in [-0.15, -0.1) is 0 Å². The minimum absolute atomic E-state index is 0.190. The fourth-order valence-electron chi connectivity index (χ4n) is 1.61. The minimum atomic E-state index is -0.481. The molecule has 84 valence electrons. The van der Waals surface area contributed by atoms with Crippen LogP contribution in [0.1, 0.15) is 30.4 Å². The topological polar surface area (TPSA) is 46.2 Å². The Hall–Kier alpha value is -0.930. The summed E-state index contributed by atoms with van der Waals surface area (Å²) in [5.74, 6) is 0.00757. The molecule has 3 N–H and O–H groups in total. The number of benzene rings is 1. The van der Waals surface area contributed by atoms with Gasteiger partial charge in [-0.2, -0.15) is 0 Å². The largest absolute Gasteiger partial charge is 0.392 e. The van der Waals surface area contributed by atoms with Gasteiger partial charge in [-0.3, -0.25) is 0 Å². The van der Waals surface area contributed by atoms with Crippen molar-refractivity contribution < 1.29 is 9.50 Å². The Labute approximate surface area is 89.9 Å². The second-order valence-electron chi connectivity index (χ2n) is 4.03. The summed E-state index contributed by atoms with van der Waals surface area (Å²) >= 11 is 0. The van der Waals surface area contributed by atoms with Crippen LogP contribution in [0, 0.1) is 12.7 Å². The first-order valence-corrected chi connectivity index (χ1v) is 5.18. The lowest BCUT2D eigenvalue weighted by Crippen LogP contribution is -2.21. The van der Waals surface area contributed by atoms with Crippen molar-refractivity contribution >= 4 is 0 Å². The average Bonchev–Trinajstić information content (AvgIpc) is 2.21. The van der Waals surface area contributed by atoms with Gasteiger partial charge in [-0.25, -0.2) is 4.39 Å². The molecule has 0 bridgehead atoms. The zero-order valence-electron chi connectivity index (χ0n) is 9.20. The number of rotatable bonds is 4. The van der Waals surface area contributed by atoms with Gasteiger partial charge >= 0.3 is 0 Å². The molecule has 0 saturated carbocycles. The molecule has 0 aromatic heterocycles. The Bertz CT molecular complexity index is 327. The molecule has 0 aliphatic carbocycles. The van der Waals surface area contributed by atoms with Gasteiger partial charge in [0.15, 0.2) is 0 Å². The number of halogens is 1. The summed E-state index contributed by atoms with van der Waals surface area (Å²) in [7, 11) is 0. The van der Waals surface area contributed by atoms with E-state index in [2.05, 4.69) is 0 Å². The quantitative estimate of drug-likeness (QED) is 0.799. The molecule has 0 aliphatic rings. The van der Waals surface area contributed by atoms with Crippen LogP contribution in [0.5, 0.6) is 0 Å². The number of hydrogen-bond donors (Lipinski definition) is 2. The monoisotopic (exact) mass is 211 g/mol. The Morgan fingerprint density at radius 2 is 2.13 bits per heavy atom. The maximum atomic E-state index is 13.0. The Morgan fingerprint density at radius 3 is 2.67 bits per heavy atom. The van der Waals surface area contributed by atoms with Crippen molar-refractivity contribution in [2.75, 3.05) is 6.54 Å². The number of aliphatic hydroxyl groups is 1. The summed E-state index contributed by atoms with van der Waals surface area (Å²) in [5, 5.41) is 9.41. The summed E-state index contributed by atoms with van der Waals surface area (Å²) in [6, 6.07) is 5.05. The van der Waals surface area contributed by atoms with E-state index in [1.807, 2.05) is 13.0 Å². The van der Waals surface area contributed by atoms with E-state index in [1.165, 1.54) is 6.07 Å². The van der Waals surface area contributed by atoms with Crippen LogP contribution in [-0.2, 0) is 0 Å². The summed E-state index contributed by atoms with van der Waals surface area (Å²) in [6.07, 6.45) is 0.132. The van der Waals surface area contributed by atoms with E-state index < -0.39 is 6.10 Å². The van der Waals surface area contributed by atoms with E-state index in [0.717, 1.165) is 5.56 Å². The molecule has 0 saturated heterocycles. The molecule has 2 atom stereocenters. The average molecular weight is 211 g/mol. The van der Waals surface area contributed by atoms with E-state index in [1.54, 1.807) is 13.0 Å². The van der Waals surface area contributed by atoms with Gasteiger partial charge < -0.3 is 10.8 Å². The fraction of sp³-hybridized carbons (Fsp3) is 0.500. The minimum Gasteiger partial charge on any atom is -0.392 e. The molecule has 0 aliphatic heterocycles. The maximum absolute atomic E-state index is 13.0. The van der Waals surface area contributed by atoms with Gasteiger partial charge in [-0.05, 0) is 36.5 Å². The summed E-state index contributed by atoms with van der Waals surface area (Å²) in [5.41, 5.74) is 7.03. The highest BCUT2D eigenvalue weighted by molar-refractivity contribution is 5.26. The van der Waals surface area contributed by atoms with Crippen LogP contribution in [0.15, 0.2) is 18.2 Å². The molecular formula is C12H18FNO. The van der Waals surface area contributed by atoms with Gasteiger partial charge in [0.2, 0.25) is 0 Å². The first kappa shape index (κ1) is 12.1. The molecule has 2 unspecified atom stereocenters. The molecule has 1 rings (SSSR count).